The lowest BCUT2D eigenvalue weighted by molar-refractivity contribution is -0.116. The van der Waals surface area contributed by atoms with Crippen LogP contribution in [0.5, 0.6) is 5.75 Å². The van der Waals surface area contributed by atoms with Crippen molar-refractivity contribution in [3.05, 3.63) is 54.1 Å². The molecule has 2 aromatic rings. The summed E-state index contributed by atoms with van der Waals surface area (Å²) >= 11 is 0. The van der Waals surface area contributed by atoms with Crippen LogP contribution < -0.4 is 0 Å². The molecule has 0 spiro atoms. The van der Waals surface area contributed by atoms with E-state index in [-0.39, 0.29) is 11.5 Å². The van der Waals surface area contributed by atoms with E-state index >= 15 is 0 Å². The summed E-state index contributed by atoms with van der Waals surface area (Å²) in [6.07, 6.45) is 0.451. The van der Waals surface area contributed by atoms with Crippen molar-refractivity contribution in [1.29, 1.82) is 0 Å². The average Bonchev–Trinajstić information content (AvgIpc) is 2.28. The van der Waals surface area contributed by atoms with Crippen LogP contribution in [0.4, 0.5) is 0 Å². The van der Waals surface area contributed by atoms with Crippen molar-refractivity contribution in [3.8, 4) is 16.9 Å². The van der Waals surface area contributed by atoms with Gasteiger partial charge in [-0.15, -0.1) is 0 Å². The molecule has 2 aromatic carbocycles. The first-order chi connectivity index (χ1) is 8.15. The van der Waals surface area contributed by atoms with Crippen LogP contribution in [-0.2, 0) is 11.2 Å². The van der Waals surface area contributed by atoms with Crippen molar-refractivity contribution in [2.24, 2.45) is 0 Å². The van der Waals surface area contributed by atoms with Crippen molar-refractivity contribution >= 4 is 5.78 Å². The van der Waals surface area contributed by atoms with E-state index in [2.05, 4.69) is 0 Å². The van der Waals surface area contributed by atoms with E-state index < -0.39 is 0 Å². The normalized spacial score (nSPS) is 10.2. The number of phenols is 1. The highest BCUT2D eigenvalue weighted by Gasteiger charge is 2.02. The Bertz CT molecular complexity index is 544. The lowest BCUT2D eigenvalue weighted by atomic mass is 10.0. The summed E-state index contributed by atoms with van der Waals surface area (Å²) in [4.78, 5) is 11.1. The number of benzene rings is 2. The molecule has 0 aliphatic rings. The quantitative estimate of drug-likeness (QED) is 0.872. The van der Waals surface area contributed by atoms with Crippen LogP contribution in [-0.4, -0.2) is 10.9 Å². The van der Waals surface area contributed by atoms with Gasteiger partial charge in [-0.25, -0.2) is 0 Å². The Kier molecular flexibility index (Phi) is 3.24. The van der Waals surface area contributed by atoms with E-state index in [1.54, 1.807) is 19.1 Å². The molecule has 0 aliphatic carbocycles. The summed E-state index contributed by atoms with van der Waals surface area (Å²) in [6.45, 7) is 1.58. The number of phenolic OH excluding ortho intramolecular Hbond substituents is 1. The number of hydrogen-bond donors (Lipinski definition) is 1. The Morgan fingerprint density at radius 1 is 1.06 bits per heavy atom. The Balaban J connectivity index is 2.36. The van der Waals surface area contributed by atoms with Gasteiger partial charge in [0.05, 0.1) is 0 Å². The van der Waals surface area contributed by atoms with Crippen molar-refractivity contribution in [1.82, 2.24) is 0 Å². The van der Waals surface area contributed by atoms with Crippen LogP contribution in [0.1, 0.15) is 12.5 Å². The highest BCUT2D eigenvalue weighted by Crippen LogP contribution is 2.24. The van der Waals surface area contributed by atoms with Gasteiger partial charge in [0.2, 0.25) is 0 Å². The second kappa shape index (κ2) is 4.83. The van der Waals surface area contributed by atoms with Gasteiger partial charge in [0.1, 0.15) is 11.5 Å². The number of Topliss-reactive ketones (excluding diaryl/α,β-unsaturated/α-hetero) is 1. The Hall–Kier alpha value is -2.09. The van der Waals surface area contributed by atoms with Crippen molar-refractivity contribution in [2.75, 3.05) is 0 Å². The SMILES string of the molecule is CC(=O)Cc1cccc(-c2cccc(O)c2)c1. The fraction of sp³-hybridized carbons (Fsp3) is 0.133. The molecule has 2 nitrogen and oxygen atoms in total. The molecule has 1 N–H and O–H groups in total. The van der Waals surface area contributed by atoms with Gasteiger partial charge in [-0.05, 0) is 35.7 Å². The van der Waals surface area contributed by atoms with Gasteiger partial charge in [-0.2, -0.15) is 0 Å². The molecule has 86 valence electrons. The van der Waals surface area contributed by atoms with E-state index in [0.717, 1.165) is 16.7 Å². The summed E-state index contributed by atoms with van der Waals surface area (Å²) in [6, 6.07) is 14.9. The van der Waals surface area contributed by atoms with Crippen molar-refractivity contribution in [3.63, 3.8) is 0 Å². The zero-order valence-electron chi connectivity index (χ0n) is 9.68. The van der Waals surface area contributed by atoms with Gasteiger partial charge >= 0.3 is 0 Å². The monoisotopic (exact) mass is 226 g/mol. The summed E-state index contributed by atoms with van der Waals surface area (Å²) in [5, 5.41) is 9.43. The lowest BCUT2D eigenvalue weighted by Crippen LogP contribution is -1.95. The smallest absolute Gasteiger partial charge is 0.134 e. The van der Waals surface area contributed by atoms with Gasteiger partial charge in [0, 0.05) is 6.42 Å². The molecule has 0 aliphatic heterocycles. The first kappa shape index (κ1) is 11.4. The molecule has 0 aromatic heterocycles. The van der Waals surface area contributed by atoms with Crippen LogP contribution in [0.25, 0.3) is 11.1 Å². The molecule has 17 heavy (non-hydrogen) atoms. The van der Waals surface area contributed by atoms with E-state index in [9.17, 15) is 9.90 Å². The number of carbonyl (C=O) groups is 1. The minimum atomic E-state index is 0.151. The van der Waals surface area contributed by atoms with E-state index in [1.807, 2.05) is 36.4 Å². The molecule has 0 bridgehead atoms. The Morgan fingerprint density at radius 3 is 2.35 bits per heavy atom. The molecule has 0 unspecified atom stereocenters. The Labute approximate surface area is 101 Å². The van der Waals surface area contributed by atoms with Gasteiger partial charge in [-0.1, -0.05) is 36.4 Å². The van der Waals surface area contributed by atoms with Gasteiger partial charge in [-0.3, -0.25) is 4.79 Å². The van der Waals surface area contributed by atoms with E-state index in [0.29, 0.717) is 6.42 Å². The molecule has 0 radical (unpaired) electrons. The largest absolute Gasteiger partial charge is 0.508 e. The molecule has 0 fully saturated rings. The van der Waals surface area contributed by atoms with Crippen molar-refractivity contribution < 1.29 is 9.90 Å². The van der Waals surface area contributed by atoms with Crippen LogP contribution in [0.2, 0.25) is 0 Å². The summed E-state index contributed by atoms with van der Waals surface area (Å²) in [7, 11) is 0. The summed E-state index contributed by atoms with van der Waals surface area (Å²) in [5.74, 6) is 0.400. The molecule has 2 heteroatoms. The predicted octanol–water partition coefficient (Wildman–Crippen LogP) is 3.19. The number of rotatable bonds is 3. The lowest BCUT2D eigenvalue weighted by Gasteiger charge is -2.05. The molecule has 0 atom stereocenters. The van der Waals surface area contributed by atoms with E-state index in [1.165, 1.54) is 0 Å². The zero-order chi connectivity index (χ0) is 12.3. The van der Waals surface area contributed by atoms with Crippen LogP contribution >= 0.6 is 0 Å². The molecule has 0 saturated heterocycles. The van der Waals surface area contributed by atoms with Gasteiger partial charge in [0.25, 0.3) is 0 Å². The number of carbonyl (C=O) groups excluding carboxylic acids is 1. The molecule has 0 heterocycles. The van der Waals surface area contributed by atoms with Crippen LogP contribution in [0.15, 0.2) is 48.5 Å². The molecule has 0 amide bonds. The fourth-order valence-electron chi connectivity index (χ4n) is 1.83. The third kappa shape index (κ3) is 2.94. The van der Waals surface area contributed by atoms with Crippen LogP contribution in [0, 0.1) is 0 Å². The number of aromatic hydroxyl groups is 1. The second-order valence-corrected chi connectivity index (χ2v) is 4.13. The second-order valence-electron chi connectivity index (χ2n) is 4.13. The minimum Gasteiger partial charge on any atom is -0.508 e. The fourth-order valence-corrected chi connectivity index (χ4v) is 1.83. The van der Waals surface area contributed by atoms with Crippen molar-refractivity contribution in [2.45, 2.75) is 13.3 Å². The van der Waals surface area contributed by atoms with Gasteiger partial charge in [0.15, 0.2) is 0 Å². The summed E-state index contributed by atoms with van der Waals surface area (Å²) in [5.41, 5.74) is 2.97. The standard InChI is InChI=1S/C15H14O2/c1-11(16)8-12-4-2-5-13(9-12)14-6-3-7-15(17)10-14/h2-7,9-10,17H,8H2,1H3. The number of hydrogen-bond acceptors (Lipinski definition) is 2. The number of ketones is 1. The van der Waals surface area contributed by atoms with E-state index in [4.69, 9.17) is 0 Å². The minimum absolute atomic E-state index is 0.151. The third-order valence-electron chi connectivity index (χ3n) is 2.56. The molecular formula is C15H14O2. The molecule has 0 saturated carbocycles. The Morgan fingerprint density at radius 2 is 1.71 bits per heavy atom. The van der Waals surface area contributed by atoms with Crippen LogP contribution in [0.3, 0.4) is 0 Å². The van der Waals surface area contributed by atoms with Gasteiger partial charge < -0.3 is 5.11 Å². The molecular weight excluding hydrogens is 212 g/mol. The highest BCUT2D eigenvalue weighted by molar-refractivity contribution is 5.79. The maximum atomic E-state index is 11.1. The summed E-state index contributed by atoms with van der Waals surface area (Å²) < 4.78 is 0. The first-order valence-corrected chi connectivity index (χ1v) is 5.53. The topological polar surface area (TPSA) is 37.3 Å². The highest BCUT2D eigenvalue weighted by atomic mass is 16.3. The third-order valence-corrected chi connectivity index (χ3v) is 2.56. The molecule has 2 rings (SSSR count). The average molecular weight is 226 g/mol. The maximum Gasteiger partial charge on any atom is 0.134 e. The predicted molar refractivity (Wildman–Crippen MR) is 67.9 cm³/mol. The first-order valence-electron chi connectivity index (χ1n) is 5.53. The zero-order valence-corrected chi connectivity index (χ0v) is 9.68. The maximum absolute atomic E-state index is 11.1.